The van der Waals surface area contributed by atoms with E-state index in [1.807, 2.05) is 24.3 Å². The summed E-state index contributed by atoms with van der Waals surface area (Å²) in [6.45, 7) is 9.75. The number of piperidine rings is 1. The monoisotopic (exact) mass is 414 g/mol. The molecule has 162 valence electrons. The van der Waals surface area contributed by atoms with Gasteiger partial charge in [-0.2, -0.15) is 0 Å². The molecule has 4 atom stereocenters. The van der Waals surface area contributed by atoms with Crippen LogP contribution in [0.2, 0.25) is 0 Å². The molecule has 3 N–H and O–H groups in total. The van der Waals surface area contributed by atoms with Crippen molar-refractivity contribution in [3.63, 3.8) is 0 Å². The predicted molar refractivity (Wildman–Crippen MR) is 109 cm³/mol. The molecule has 7 nitrogen and oxygen atoms in total. The highest BCUT2D eigenvalue weighted by Gasteiger charge is 2.67. The number of hydrogen-bond acceptors (Lipinski definition) is 4. The van der Waals surface area contributed by atoms with Crippen LogP contribution in [0.3, 0.4) is 0 Å². The Hall–Kier alpha value is -2.12. The minimum absolute atomic E-state index is 0.0176. The van der Waals surface area contributed by atoms with E-state index in [2.05, 4.69) is 38.3 Å². The van der Waals surface area contributed by atoms with Crippen molar-refractivity contribution in [1.82, 2.24) is 10.2 Å². The lowest BCUT2D eigenvalue weighted by molar-refractivity contribution is -0.787. The number of fused-ring (bicyclic) bond motifs is 1. The van der Waals surface area contributed by atoms with Crippen LogP contribution in [0.1, 0.15) is 46.3 Å². The zero-order valence-electron chi connectivity index (χ0n) is 18.2. The number of rotatable bonds is 4. The lowest BCUT2D eigenvalue weighted by Gasteiger charge is -2.43. The smallest absolute Gasteiger partial charge is 0.230 e. The number of hydrogen-bond donors (Lipinski definition) is 2. The van der Waals surface area contributed by atoms with Gasteiger partial charge in [-0.25, -0.2) is 0 Å². The standard InChI is InChI=1S/C23H31N3O4/c1-21(2)10-14(11-22(3,4)25-21)24-19(27)17-16-7-8-23(30-16)13-26(20(28)18(17)23)12-15-6-5-9-29-15/h5-9,14,16-18,25H,10-13H2,1-4H3,(H,24,27)/p+1/t16-,17+,18+,23+/m1/s1. The zero-order chi connectivity index (χ0) is 21.3. The van der Waals surface area contributed by atoms with Crippen LogP contribution < -0.4 is 10.6 Å². The summed E-state index contributed by atoms with van der Waals surface area (Å²) in [6, 6.07) is 3.78. The molecule has 3 saturated heterocycles. The molecule has 1 aromatic heterocycles. The Morgan fingerprint density at radius 1 is 1.27 bits per heavy atom. The molecule has 4 aliphatic heterocycles. The maximum Gasteiger partial charge on any atom is 0.230 e. The Labute approximate surface area is 177 Å². The van der Waals surface area contributed by atoms with Crippen molar-refractivity contribution in [2.45, 2.75) is 75.9 Å². The number of carbonyl (C=O) groups is 2. The van der Waals surface area contributed by atoms with Crippen LogP contribution in [0.15, 0.2) is 35.0 Å². The van der Waals surface area contributed by atoms with Crippen LogP contribution in [0, 0.1) is 11.8 Å². The van der Waals surface area contributed by atoms with Gasteiger partial charge in [-0.3, -0.25) is 9.59 Å². The third kappa shape index (κ3) is 3.19. The van der Waals surface area contributed by atoms with E-state index in [0.717, 1.165) is 18.6 Å². The van der Waals surface area contributed by atoms with E-state index in [1.54, 1.807) is 11.2 Å². The number of furan rings is 1. The molecular formula is C23H32N3O4+. The first-order valence-corrected chi connectivity index (χ1v) is 10.9. The maximum absolute atomic E-state index is 13.4. The first kappa shape index (κ1) is 19.8. The average molecular weight is 415 g/mol. The normalized spacial score (nSPS) is 36.3. The molecule has 0 radical (unpaired) electrons. The number of nitrogens with two attached hydrogens (primary N) is 1. The second-order valence-corrected chi connectivity index (χ2v) is 10.9. The molecule has 30 heavy (non-hydrogen) atoms. The molecular weight excluding hydrogens is 382 g/mol. The third-order valence-corrected chi connectivity index (χ3v) is 7.08. The number of likely N-dealkylation sites (tertiary alicyclic amines) is 1. The SMILES string of the molecule is CC1(C)CC(NC(=O)[C@@H]2[C@H]3C(=O)N(Cc4ccco4)C[C@@]34C=C[C@H]2O4)CC(C)(C)[NH2+]1. The van der Waals surface area contributed by atoms with Crippen molar-refractivity contribution in [2.75, 3.05) is 6.54 Å². The van der Waals surface area contributed by atoms with Gasteiger partial charge in [-0.1, -0.05) is 12.2 Å². The Morgan fingerprint density at radius 2 is 2.00 bits per heavy atom. The van der Waals surface area contributed by atoms with E-state index in [-0.39, 0.29) is 35.0 Å². The summed E-state index contributed by atoms with van der Waals surface area (Å²) in [5, 5.41) is 5.68. The van der Waals surface area contributed by atoms with E-state index in [9.17, 15) is 9.59 Å². The lowest BCUT2D eigenvalue weighted by Crippen LogP contribution is -3.06. The van der Waals surface area contributed by atoms with Crippen molar-refractivity contribution in [1.29, 1.82) is 0 Å². The molecule has 7 heteroatoms. The number of nitrogens with zero attached hydrogens (tertiary/aromatic N) is 1. The van der Waals surface area contributed by atoms with Crippen molar-refractivity contribution in [3.8, 4) is 0 Å². The summed E-state index contributed by atoms with van der Waals surface area (Å²) in [5.74, 6) is -0.263. The van der Waals surface area contributed by atoms with Gasteiger partial charge >= 0.3 is 0 Å². The lowest BCUT2D eigenvalue weighted by atomic mass is 9.75. The molecule has 3 fully saturated rings. The van der Waals surface area contributed by atoms with Gasteiger partial charge < -0.3 is 24.7 Å². The number of carbonyl (C=O) groups excluding carboxylic acids is 2. The summed E-state index contributed by atoms with van der Waals surface area (Å²) in [7, 11) is 0. The molecule has 0 unspecified atom stereocenters. The van der Waals surface area contributed by atoms with Crippen molar-refractivity contribution >= 4 is 11.8 Å². The maximum atomic E-state index is 13.4. The fourth-order valence-corrected chi connectivity index (χ4v) is 6.52. The highest BCUT2D eigenvalue weighted by atomic mass is 16.5. The van der Waals surface area contributed by atoms with E-state index in [1.165, 1.54) is 0 Å². The van der Waals surface area contributed by atoms with E-state index < -0.39 is 17.4 Å². The van der Waals surface area contributed by atoms with Crippen LogP contribution in [-0.2, 0) is 20.9 Å². The quantitative estimate of drug-likeness (QED) is 0.719. The Bertz CT molecular complexity index is 874. The van der Waals surface area contributed by atoms with Crippen LogP contribution in [-0.4, -0.2) is 52.1 Å². The first-order chi connectivity index (χ1) is 14.1. The van der Waals surface area contributed by atoms with Gasteiger partial charge in [-0.15, -0.1) is 0 Å². The second-order valence-electron chi connectivity index (χ2n) is 10.9. The summed E-state index contributed by atoms with van der Waals surface area (Å²) in [6.07, 6.45) is 7.06. The number of nitrogens with one attached hydrogen (secondary N) is 1. The Morgan fingerprint density at radius 3 is 2.67 bits per heavy atom. The van der Waals surface area contributed by atoms with Crippen molar-refractivity contribution in [3.05, 3.63) is 36.3 Å². The molecule has 4 aliphatic rings. The summed E-state index contributed by atoms with van der Waals surface area (Å²) in [4.78, 5) is 28.5. The van der Waals surface area contributed by atoms with E-state index in [4.69, 9.17) is 9.15 Å². The topological polar surface area (TPSA) is 88.4 Å². The fraction of sp³-hybridized carbons (Fsp3) is 0.652. The first-order valence-electron chi connectivity index (χ1n) is 10.9. The van der Waals surface area contributed by atoms with Crippen LogP contribution in [0.4, 0.5) is 0 Å². The number of ether oxygens (including phenoxy) is 1. The third-order valence-electron chi connectivity index (χ3n) is 7.08. The molecule has 5 rings (SSSR count). The molecule has 0 aliphatic carbocycles. The molecule has 2 bridgehead atoms. The second kappa shape index (κ2) is 6.44. The average Bonchev–Trinajstić information content (AvgIpc) is 3.35. The zero-order valence-corrected chi connectivity index (χ0v) is 18.2. The highest BCUT2D eigenvalue weighted by molar-refractivity contribution is 5.93. The van der Waals surface area contributed by atoms with E-state index >= 15 is 0 Å². The molecule has 1 aromatic rings. The van der Waals surface area contributed by atoms with Gasteiger partial charge in [0, 0.05) is 18.9 Å². The summed E-state index contributed by atoms with van der Waals surface area (Å²) < 4.78 is 11.7. The summed E-state index contributed by atoms with van der Waals surface area (Å²) in [5.41, 5.74) is -0.556. The molecule has 0 aromatic carbocycles. The van der Waals surface area contributed by atoms with Gasteiger partial charge in [0.2, 0.25) is 11.8 Å². The largest absolute Gasteiger partial charge is 0.467 e. The van der Waals surface area contributed by atoms with Gasteiger partial charge in [0.25, 0.3) is 0 Å². The number of quaternary nitrogens is 1. The molecule has 1 spiro atoms. The van der Waals surface area contributed by atoms with Crippen LogP contribution in [0.5, 0.6) is 0 Å². The van der Waals surface area contributed by atoms with Gasteiger partial charge in [-0.05, 0) is 39.8 Å². The Kier molecular flexibility index (Phi) is 4.25. The van der Waals surface area contributed by atoms with Crippen molar-refractivity contribution < 1.29 is 24.1 Å². The number of amides is 2. The van der Waals surface area contributed by atoms with E-state index in [0.29, 0.717) is 13.1 Å². The minimum Gasteiger partial charge on any atom is -0.467 e. The minimum atomic E-state index is -0.685. The molecule has 5 heterocycles. The van der Waals surface area contributed by atoms with Gasteiger partial charge in [0.1, 0.15) is 11.4 Å². The summed E-state index contributed by atoms with van der Waals surface area (Å²) >= 11 is 0. The van der Waals surface area contributed by atoms with Crippen LogP contribution in [0.25, 0.3) is 0 Å². The molecule has 2 amide bonds. The predicted octanol–water partition coefficient (Wildman–Crippen LogP) is 0.961. The fourth-order valence-electron chi connectivity index (χ4n) is 6.52. The van der Waals surface area contributed by atoms with Gasteiger partial charge in [0.05, 0.1) is 48.4 Å². The highest BCUT2D eigenvalue weighted by Crippen LogP contribution is 2.52. The van der Waals surface area contributed by atoms with Gasteiger partial charge in [0.15, 0.2) is 0 Å². The molecule has 0 saturated carbocycles. The Balaban J connectivity index is 1.33. The van der Waals surface area contributed by atoms with Crippen molar-refractivity contribution in [2.24, 2.45) is 11.8 Å². The van der Waals surface area contributed by atoms with Crippen LogP contribution >= 0.6 is 0 Å².